The second-order valence-corrected chi connectivity index (χ2v) is 4.52. The molecule has 0 bridgehead atoms. The van der Waals surface area contributed by atoms with Gasteiger partial charge in [0, 0.05) is 13.1 Å². The molecule has 0 unspecified atom stereocenters. The lowest BCUT2D eigenvalue weighted by Crippen LogP contribution is -2.51. The molecule has 112 valence electrons. The summed E-state index contributed by atoms with van der Waals surface area (Å²) in [5, 5.41) is 0. The molecule has 1 rings (SSSR count). The molecule has 1 saturated heterocycles. The van der Waals surface area contributed by atoms with E-state index in [2.05, 4.69) is 0 Å². The lowest BCUT2D eigenvalue weighted by Gasteiger charge is -2.34. The molecule has 0 radical (unpaired) electrons. The second-order valence-electron chi connectivity index (χ2n) is 4.52. The van der Waals surface area contributed by atoms with Crippen molar-refractivity contribution >= 4 is 5.91 Å². The van der Waals surface area contributed by atoms with E-state index in [0.717, 1.165) is 0 Å². The Hall–Kier alpha value is -0.990. The summed E-state index contributed by atoms with van der Waals surface area (Å²) in [5.41, 5.74) is 5.36. The molecule has 19 heavy (non-hydrogen) atoms. The van der Waals surface area contributed by atoms with Crippen LogP contribution in [0.1, 0.15) is 12.8 Å². The highest BCUT2D eigenvalue weighted by Crippen LogP contribution is 2.40. The van der Waals surface area contributed by atoms with Gasteiger partial charge in [-0.15, -0.1) is 0 Å². The first-order valence-electron chi connectivity index (χ1n) is 5.69. The number of likely N-dealkylation sites (tertiary alicyclic amines) is 1. The minimum absolute atomic E-state index is 0.0410. The van der Waals surface area contributed by atoms with Crippen molar-refractivity contribution < 1.29 is 31.1 Å². The number of alkyl halides is 6. The predicted octanol–water partition coefficient (Wildman–Crippen LogP) is 1.92. The van der Waals surface area contributed by atoms with Crippen molar-refractivity contribution in [3.63, 3.8) is 0 Å². The lowest BCUT2D eigenvalue weighted by atomic mass is 9.95. The van der Waals surface area contributed by atoms with Crippen LogP contribution in [0.2, 0.25) is 0 Å². The summed E-state index contributed by atoms with van der Waals surface area (Å²) in [6, 6.07) is 0. The number of hydrogen-bond acceptors (Lipinski definition) is 2. The van der Waals surface area contributed by atoms with Gasteiger partial charge in [-0.2, -0.15) is 26.3 Å². The van der Waals surface area contributed by atoms with Gasteiger partial charge in [0.1, 0.15) is 0 Å². The zero-order chi connectivity index (χ0) is 14.8. The van der Waals surface area contributed by atoms with E-state index in [4.69, 9.17) is 5.73 Å². The van der Waals surface area contributed by atoms with E-state index < -0.39 is 24.2 Å². The number of nitrogens with zero attached hydrogens (tertiary/aromatic N) is 1. The van der Waals surface area contributed by atoms with Gasteiger partial charge in [-0.1, -0.05) is 0 Å². The Bertz CT molecular complexity index is 305. The molecule has 1 fully saturated rings. The topological polar surface area (TPSA) is 46.3 Å². The number of carbonyl (C=O) groups excluding carboxylic acids is 1. The van der Waals surface area contributed by atoms with Crippen LogP contribution < -0.4 is 5.73 Å². The van der Waals surface area contributed by atoms with Crippen molar-refractivity contribution in [3.05, 3.63) is 0 Å². The maximum Gasteiger partial charge on any atom is 0.409 e. The largest absolute Gasteiger partial charge is 0.409 e. The van der Waals surface area contributed by atoms with Crippen LogP contribution in [0.15, 0.2) is 0 Å². The third-order valence-corrected chi connectivity index (χ3v) is 3.16. The van der Waals surface area contributed by atoms with Gasteiger partial charge in [0.05, 0.1) is 0 Å². The van der Waals surface area contributed by atoms with E-state index in [-0.39, 0.29) is 19.0 Å². The zero-order valence-corrected chi connectivity index (χ0v) is 9.89. The van der Waals surface area contributed by atoms with Gasteiger partial charge in [0.2, 0.25) is 11.8 Å². The normalized spacial score (nSPS) is 19.1. The smallest absolute Gasteiger partial charge is 0.342 e. The molecule has 1 heterocycles. The molecular weight excluding hydrogens is 278 g/mol. The second kappa shape index (κ2) is 5.56. The van der Waals surface area contributed by atoms with Crippen LogP contribution in [0.25, 0.3) is 0 Å². The van der Waals surface area contributed by atoms with Gasteiger partial charge < -0.3 is 10.6 Å². The van der Waals surface area contributed by atoms with Crippen LogP contribution in [0.4, 0.5) is 26.3 Å². The Morgan fingerprint density at radius 2 is 1.53 bits per heavy atom. The predicted molar refractivity (Wildman–Crippen MR) is 54.0 cm³/mol. The number of piperidine rings is 1. The van der Waals surface area contributed by atoms with Gasteiger partial charge >= 0.3 is 12.4 Å². The molecule has 0 spiro atoms. The van der Waals surface area contributed by atoms with Crippen molar-refractivity contribution in [1.82, 2.24) is 4.90 Å². The third kappa shape index (κ3) is 3.99. The molecule has 1 aliphatic rings. The molecule has 0 atom stereocenters. The first kappa shape index (κ1) is 16.1. The Kier molecular flexibility index (Phi) is 4.70. The van der Waals surface area contributed by atoms with Crippen molar-refractivity contribution in [1.29, 1.82) is 0 Å². The summed E-state index contributed by atoms with van der Waals surface area (Å²) in [6.45, 7) is 0.0662. The standard InChI is InChI=1S/C10H14F6N2O/c11-9(12,13)7(10(14,15)16)8(19)18-3-1-6(5-17)2-4-18/h6-7H,1-5,17H2. The quantitative estimate of drug-likeness (QED) is 0.790. The molecule has 1 aliphatic heterocycles. The molecule has 1 amide bonds. The van der Waals surface area contributed by atoms with E-state index in [9.17, 15) is 31.1 Å². The number of rotatable bonds is 2. The molecule has 0 saturated carbocycles. The van der Waals surface area contributed by atoms with Crippen LogP contribution in [0.3, 0.4) is 0 Å². The molecule has 0 aromatic carbocycles. The molecule has 3 nitrogen and oxygen atoms in total. The van der Waals surface area contributed by atoms with Gasteiger partial charge in [-0.25, -0.2) is 0 Å². The van der Waals surface area contributed by atoms with Gasteiger partial charge in [-0.05, 0) is 25.3 Å². The van der Waals surface area contributed by atoms with E-state index in [0.29, 0.717) is 24.3 Å². The maximum atomic E-state index is 12.4. The molecule has 2 N–H and O–H groups in total. The van der Waals surface area contributed by atoms with E-state index >= 15 is 0 Å². The first-order chi connectivity index (χ1) is 8.57. The molecule has 0 aromatic rings. The van der Waals surface area contributed by atoms with Crippen LogP contribution in [-0.2, 0) is 4.79 Å². The number of carbonyl (C=O) groups is 1. The summed E-state index contributed by atoms with van der Waals surface area (Å²) in [5.74, 6) is -5.82. The molecular formula is C10H14F6N2O. The fraction of sp³-hybridized carbons (Fsp3) is 0.900. The SMILES string of the molecule is NCC1CCN(C(=O)C(C(F)(F)F)C(F)(F)F)CC1. The first-order valence-corrected chi connectivity index (χ1v) is 5.69. The highest BCUT2D eigenvalue weighted by atomic mass is 19.4. The van der Waals surface area contributed by atoms with Gasteiger partial charge in [-0.3, -0.25) is 4.79 Å². The van der Waals surface area contributed by atoms with Gasteiger partial charge in [0.25, 0.3) is 0 Å². The Balaban J connectivity index is 2.79. The van der Waals surface area contributed by atoms with Crippen LogP contribution in [0, 0.1) is 11.8 Å². The number of amides is 1. The van der Waals surface area contributed by atoms with Crippen LogP contribution >= 0.6 is 0 Å². The van der Waals surface area contributed by atoms with E-state index in [1.807, 2.05) is 0 Å². The fourth-order valence-corrected chi connectivity index (χ4v) is 2.04. The summed E-state index contributed by atoms with van der Waals surface area (Å²) in [4.78, 5) is 12.1. The molecule has 0 aromatic heterocycles. The van der Waals surface area contributed by atoms with Crippen molar-refractivity contribution in [2.75, 3.05) is 19.6 Å². The van der Waals surface area contributed by atoms with Crippen molar-refractivity contribution in [2.45, 2.75) is 25.2 Å². The summed E-state index contributed by atoms with van der Waals surface area (Å²) in [7, 11) is 0. The average Bonchev–Trinajstić information content (AvgIpc) is 2.25. The summed E-state index contributed by atoms with van der Waals surface area (Å²) < 4.78 is 74.3. The third-order valence-electron chi connectivity index (χ3n) is 3.16. The highest BCUT2D eigenvalue weighted by molar-refractivity contribution is 5.80. The van der Waals surface area contributed by atoms with Crippen molar-refractivity contribution in [3.8, 4) is 0 Å². The lowest BCUT2D eigenvalue weighted by molar-refractivity contribution is -0.277. The minimum Gasteiger partial charge on any atom is -0.342 e. The van der Waals surface area contributed by atoms with Crippen LogP contribution in [-0.4, -0.2) is 42.8 Å². The Labute approximate surface area is 105 Å². The molecule has 0 aliphatic carbocycles. The summed E-state index contributed by atoms with van der Waals surface area (Å²) >= 11 is 0. The Morgan fingerprint density at radius 3 is 1.84 bits per heavy atom. The molecule has 9 heteroatoms. The van der Waals surface area contributed by atoms with E-state index in [1.54, 1.807) is 0 Å². The average molecular weight is 292 g/mol. The van der Waals surface area contributed by atoms with Crippen molar-refractivity contribution in [2.24, 2.45) is 17.6 Å². The summed E-state index contributed by atoms with van der Waals surface area (Å²) in [6.07, 6.45) is -10.6. The zero-order valence-electron chi connectivity index (χ0n) is 9.89. The fourth-order valence-electron chi connectivity index (χ4n) is 2.04. The maximum absolute atomic E-state index is 12.4. The van der Waals surface area contributed by atoms with E-state index in [1.165, 1.54) is 0 Å². The van der Waals surface area contributed by atoms with Gasteiger partial charge in [0.15, 0.2) is 0 Å². The Morgan fingerprint density at radius 1 is 1.11 bits per heavy atom. The number of halogens is 6. The highest BCUT2D eigenvalue weighted by Gasteiger charge is 2.62. The van der Waals surface area contributed by atoms with Crippen LogP contribution in [0.5, 0.6) is 0 Å². The number of nitrogens with two attached hydrogens (primary N) is 1. The monoisotopic (exact) mass is 292 g/mol. The minimum atomic E-state index is -5.62. The number of hydrogen-bond donors (Lipinski definition) is 1.